The molecule has 33 heavy (non-hydrogen) atoms. The Hall–Kier alpha value is -3.82. The highest BCUT2D eigenvalue weighted by Gasteiger charge is 2.16. The molecule has 11 nitrogen and oxygen atoms in total. The summed E-state index contributed by atoms with van der Waals surface area (Å²) >= 11 is 1.12. The van der Waals surface area contributed by atoms with Crippen LogP contribution in [-0.4, -0.2) is 63.6 Å². The molecule has 1 aliphatic rings. The highest BCUT2D eigenvalue weighted by atomic mass is 32.1. The smallest absolute Gasteiger partial charge is 0.317 e. The second kappa shape index (κ2) is 10.2. The molecular formula is C21H24N10OS. The predicted molar refractivity (Wildman–Crippen MR) is 126 cm³/mol. The van der Waals surface area contributed by atoms with Crippen molar-refractivity contribution < 1.29 is 4.79 Å². The maximum absolute atomic E-state index is 12.3. The minimum absolute atomic E-state index is 0.0490. The Kier molecular flexibility index (Phi) is 6.92. The first kappa shape index (κ1) is 22.4. The third kappa shape index (κ3) is 5.71. The number of aromatic nitrogens is 4. The Balaban J connectivity index is 1.42. The number of urea groups is 1. The van der Waals surface area contributed by atoms with E-state index in [4.69, 9.17) is 5.73 Å². The summed E-state index contributed by atoms with van der Waals surface area (Å²) in [4.78, 5) is 32.0. The van der Waals surface area contributed by atoms with Crippen LogP contribution in [0.3, 0.4) is 0 Å². The largest absolute Gasteiger partial charge is 0.375 e. The van der Waals surface area contributed by atoms with E-state index < -0.39 is 0 Å². The lowest BCUT2D eigenvalue weighted by atomic mass is 10.2. The number of carbonyl (C=O) groups is 1. The van der Waals surface area contributed by atoms with Gasteiger partial charge in [-0.05, 0) is 25.1 Å². The molecule has 2 amide bonds. The Morgan fingerprint density at radius 3 is 2.91 bits per heavy atom. The van der Waals surface area contributed by atoms with Gasteiger partial charge in [-0.15, -0.1) is 0 Å². The van der Waals surface area contributed by atoms with E-state index in [0.717, 1.165) is 41.5 Å². The first-order valence-electron chi connectivity index (χ1n) is 10.5. The first-order valence-corrected chi connectivity index (χ1v) is 11.3. The number of amides is 2. The molecule has 0 saturated carbocycles. The number of carbonyl (C=O) groups excluding carboxylic acids is 1. The van der Waals surface area contributed by atoms with Crippen molar-refractivity contribution >= 4 is 34.1 Å². The van der Waals surface area contributed by atoms with Crippen LogP contribution in [0.15, 0.2) is 24.4 Å². The molecule has 3 aromatic rings. The zero-order valence-electron chi connectivity index (χ0n) is 18.1. The van der Waals surface area contributed by atoms with Crippen molar-refractivity contribution in [2.45, 2.75) is 13.3 Å². The standard InChI is InChI=1S/C21H24N10OS/c1-13-10-15(11-14(27-13)2-4-26-21(32)31-8-6-24-7-9-31)28-20-25-5-3-16(29-20)18-17(12-22)33-19(23)30-18/h3,5,10-11,24H,2,4,6-9H2,1H3,(H2,23,30)(H,26,32)(H,25,27,28,29). The third-order valence-corrected chi connectivity index (χ3v) is 5.76. The molecule has 0 spiro atoms. The Bertz CT molecular complexity index is 1180. The highest BCUT2D eigenvalue weighted by molar-refractivity contribution is 7.16. The Morgan fingerprint density at radius 1 is 1.30 bits per heavy atom. The molecule has 0 bridgehead atoms. The second-order valence-corrected chi connectivity index (χ2v) is 8.47. The quantitative estimate of drug-likeness (QED) is 0.426. The van der Waals surface area contributed by atoms with Gasteiger partial charge in [0.15, 0.2) is 5.13 Å². The number of nitrogens with zero attached hydrogens (tertiary/aromatic N) is 6. The number of aryl methyl sites for hydroxylation is 1. The molecule has 0 unspecified atom stereocenters. The molecule has 170 valence electrons. The lowest BCUT2D eigenvalue weighted by Gasteiger charge is -2.27. The van der Waals surface area contributed by atoms with Crippen LogP contribution in [0, 0.1) is 18.3 Å². The zero-order chi connectivity index (χ0) is 23.2. The van der Waals surface area contributed by atoms with Crippen LogP contribution in [0.5, 0.6) is 0 Å². The molecule has 0 aliphatic carbocycles. The summed E-state index contributed by atoms with van der Waals surface area (Å²) in [6.07, 6.45) is 2.20. The number of nitriles is 1. The fourth-order valence-electron chi connectivity index (χ4n) is 3.48. The number of rotatable bonds is 6. The van der Waals surface area contributed by atoms with Gasteiger partial charge in [-0.25, -0.2) is 19.7 Å². The number of hydrogen-bond donors (Lipinski definition) is 4. The molecule has 0 atom stereocenters. The number of piperazine rings is 1. The third-order valence-electron chi connectivity index (χ3n) is 4.97. The summed E-state index contributed by atoms with van der Waals surface area (Å²) < 4.78 is 0. The van der Waals surface area contributed by atoms with Crippen molar-refractivity contribution in [3.8, 4) is 17.5 Å². The molecule has 1 aliphatic heterocycles. The van der Waals surface area contributed by atoms with Crippen LogP contribution in [0.1, 0.15) is 16.3 Å². The molecule has 4 heterocycles. The average Bonchev–Trinajstić information content (AvgIpc) is 3.20. The van der Waals surface area contributed by atoms with Crippen LogP contribution in [0.25, 0.3) is 11.4 Å². The normalized spacial score (nSPS) is 13.4. The van der Waals surface area contributed by atoms with Crippen molar-refractivity contribution in [2.24, 2.45) is 0 Å². The number of hydrogen-bond acceptors (Lipinski definition) is 10. The molecular weight excluding hydrogens is 440 g/mol. The van der Waals surface area contributed by atoms with Gasteiger partial charge in [0.25, 0.3) is 0 Å². The van der Waals surface area contributed by atoms with Gasteiger partial charge < -0.3 is 26.6 Å². The van der Waals surface area contributed by atoms with Gasteiger partial charge in [0.05, 0.1) is 5.69 Å². The average molecular weight is 465 g/mol. The van der Waals surface area contributed by atoms with Crippen LogP contribution in [0.2, 0.25) is 0 Å². The minimum Gasteiger partial charge on any atom is -0.375 e. The molecule has 3 aromatic heterocycles. The summed E-state index contributed by atoms with van der Waals surface area (Å²) in [5, 5.41) is 19.0. The van der Waals surface area contributed by atoms with Crippen LogP contribution in [0.4, 0.5) is 21.6 Å². The molecule has 5 N–H and O–H groups in total. The number of pyridine rings is 1. The van der Waals surface area contributed by atoms with E-state index in [2.05, 4.69) is 42.0 Å². The van der Waals surface area contributed by atoms with Crippen LogP contribution >= 0.6 is 11.3 Å². The summed E-state index contributed by atoms with van der Waals surface area (Å²) in [6.45, 7) is 5.46. The van der Waals surface area contributed by atoms with E-state index in [0.29, 0.717) is 53.4 Å². The van der Waals surface area contributed by atoms with Crippen LogP contribution < -0.4 is 21.7 Å². The number of nitrogens with one attached hydrogen (secondary N) is 3. The van der Waals surface area contributed by atoms with E-state index in [9.17, 15) is 10.1 Å². The van der Waals surface area contributed by atoms with Crippen molar-refractivity contribution in [1.82, 2.24) is 35.5 Å². The minimum atomic E-state index is -0.0490. The van der Waals surface area contributed by atoms with Gasteiger partial charge in [0, 0.05) is 62.4 Å². The summed E-state index contributed by atoms with van der Waals surface area (Å²) in [6, 6.07) is 7.53. The van der Waals surface area contributed by atoms with Crippen LogP contribution in [-0.2, 0) is 6.42 Å². The second-order valence-electron chi connectivity index (χ2n) is 7.44. The fraction of sp³-hybridized carbons (Fsp3) is 0.333. The van der Waals surface area contributed by atoms with E-state index >= 15 is 0 Å². The van der Waals surface area contributed by atoms with Gasteiger partial charge >= 0.3 is 6.03 Å². The molecule has 1 fully saturated rings. The molecule has 12 heteroatoms. The maximum Gasteiger partial charge on any atom is 0.317 e. The molecule has 4 rings (SSSR count). The number of nitrogen functional groups attached to an aromatic ring is 1. The summed E-state index contributed by atoms with van der Waals surface area (Å²) in [5.74, 6) is 0.367. The lowest BCUT2D eigenvalue weighted by molar-refractivity contribution is 0.190. The lowest BCUT2D eigenvalue weighted by Crippen LogP contribution is -2.50. The number of thiazole rings is 1. The van der Waals surface area contributed by atoms with Gasteiger partial charge in [0.2, 0.25) is 5.95 Å². The van der Waals surface area contributed by atoms with Gasteiger partial charge in [0.1, 0.15) is 16.6 Å². The summed E-state index contributed by atoms with van der Waals surface area (Å²) in [7, 11) is 0. The van der Waals surface area contributed by atoms with Crippen molar-refractivity contribution in [3.63, 3.8) is 0 Å². The van der Waals surface area contributed by atoms with Crippen molar-refractivity contribution in [1.29, 1.82) is 5.26 Å². The molecule has 1 saturated heterocycles. The summed E-state index contributed by atoms with van der Waals surface area (Å²) in [5.41, 5.74) is 9.15. The topological polar surface area (TPSA) is 158 Å². The number of nitrogens with two attached hydrogens (primary N) is 1. The van der Waals surface area contributed by atoms with E-state index in [1.165, 1.54) is 0 Å². The SMILES string of the molecule is Cc1cc(Nc2nccc(-c3nc(N)sc3C#N)n2)cc(CCNC(=O)N2CCNCC2)n1. The zero-order valence-corrected chi connectivity index (χ0v) is 18.9. The van der Waals surface area contributed by atoms with E-state index in [-0.39, 0.29) is 6.03 Å². The monoisotopic (exact) mass is 464 g/mol. The van der Waals surface area contributed by atoms with Crippen molar-refractivity contribution in [2.75, 3.05) is 43.8 Å². The van der Waals surface area contributed by atoms with Gasteiger partial charge in [-0.1, -0.05) is 11.3 Å². The molecule has 0 radical (unpaired) electrons. The maximum atomic E-state index is 12.3. The van der Waals surface area contributed by atoms with Gasteiger partial charge in [-0.3, -0.25) is 4.98 Å². The highest BCUT2D eigenvalue weighted by Crippen LogP contribution is 2.28. The fourth-order valence-corrected chi connectivity index (χ4v) is 4.12. The Labute approximate surface area is 195 Å². The van der Waals surface area contributed by atoms with E-state index in [1.807, 2.05) is 24.0 Å². The van der Waals surface area contributed by atoms with Gasteiger partial charge in [-0.2, -0.15) is 5.26 Å². The van der Waals surface area contributed by atoms with Crippen molar-refractivity contribution in [3.05, 3.63) is 40.7 Å². The van der Waals surface area contributed by atoms with E-state index in [1.54, 1.807) is 12.3 Å². The predicted octanol–water partition coefficient (Wildman–Crippen LogP) is 1.66. The Morgan fingerprint density at radius 2 is 2.12 bits per heavy atom. The molecule has 0 aromatic carbocycles. The first-order chi connectivity index (χ1) is 16.0. The number of anilines is 3.